The largest absolute Gasteiger partial charge is 0.461 e. The zero-order chi connectivity index (χ0) is 17.4. The molecule has 0 spiro atoms. The molecule has 0 bridgehead atoms. The van der Waals surface area contributed by atoms with Gasteiger partial charge >= 0.3 is 12.0 Å². The molecule has 0 fully saturated rings. The number of carbonyl (C=O) groups is 2. The van der Waals surface area contributed by atoms with Crippen molar-refractivity contribution in [2.45, 2.75) is 6.92 Å². The Bertz CT molecular complexity index is 681. The monoisotopic (exact) mass is 389 g/mol. The number of nitrogens with one attached hydrogen (secondary N) is 1. The maximum Gasteiger partial charge on any atom is 0.366 e. The summed E-state index contributed by atoms with van der Waals surface area (Å²) < 4.78 is 4.67. The zero-order valence-electron chi connectivity index (χ0n) is 13.0. The van der Waals surface area contributed by atoms with Gasteiger partial charge in [0.05, 0.1) is 18.0 Å². The smallest absolute Gasteiger partial charge is 0.366 e. The molecule has 7 heteroatoms. The first-order chi connectivity index (χ1) is 11.6. The second-order valence-corrected chi connectivity index (χ2v) is 5.30. The highest BCUT2D eigenvalue weighted by molar-refractivity contribution is 9.19. The number of ether oxygens (including phenoxy) is 1. The first-order valence-corrected chi connectivity index (χ1v) is 8.03. The molecule has 6 nitrogen and oxygen atoms in total. The van der Waals surface area contributed by atoms with Crippen LogP contribution in [-0.4, -0.2) is 23.2 Å². The van der Waals surface area contributed by atoms with Gasteiger partial charge in [-0.15, -0.1) is 0 Å². The van der Waals surface area contributed by atoms with Gasteiger partial charge in [0.2, 0.25) is 4.62 Å². The molecular weight excluding hydrogens is 374 g/mol. The van der Waals surface area contributed by atoms with Crippen LogP contribution >= 0.6 is 15.9 Å². The molecule has 0 atom stereocenters. The lowest BCUT2D eigenvalue weighted by molar-refractivity contribution is -0.134. The van der Waals surface area contributed by atoms with Crippen molar-refractivity contribution in [3.63, 3.8) is 0 Å². The molecule has 0 radical (unpaired) electrons. The van der Waals surface area contributed by atoms with E-state index in [1.807, 2.05) is 36.4 Å². The number of halogens is 1. The SMILES string of the molecule is CCOC(=O)/C(Br)=N/NC(=O)N(c1ccccc1)c1ccccc1. The first kappa shape index (κ1) is 17.7. The van der Waals surface area contributed by atoms with Gasteiger partial charge in [0.25, 0.3) is 0 Å². The molecule has 0 aromatic heterocycles. The van der Waals surface area contributed by atoms with Gasteiger partial charge in [0.1, 0.15) is 0 Å². The Labute approximate surface area is 148 Å². The minimum Gasteiger partial charge on any atom is -0.461 e. The third-order valence-corrected chi connectivity index (χ3v) is 3.43. The van der Waals surface area contributed by atoms with Crippen LogP contribution in [0.5, 0.6) is 0 Å². The van der Waals surface area contributed by atoms with Crippen LogP contribution in [0.2, 0.25) is 0 Å². The normalized spacial score (nSPS) is 10.8. The maximum atomic E-state index is 12.6. The van der Waals surface area contributed by atoms with Crippen molar-refractivity contribution in [3.05, 3.63) is 60.7 Å². The molecule has 2 aromatic rings. The van der Waals surface area contributed by atoms with Gasteiger partial charge < -0.3 is 4.74 Å². The van der Waals surface area contributed by atoms with Crippen molar-refractivity contribution in [2.24, 2.45) is 5.10 Å². The lowest BCUT2D eigenvalue weighted by Gasteiger charge is -2.22. The molecule has 2 rings (SSSR count). The van der Waals surface area contributed by atoms with Crippen molar-refractivity contribution in [1.82, 2.24) is 5.43 Å². The summed E-state index contributed by atoms with van der Waals surface area (Å²) in [5, 5.41) is 3.73. The fourth-order valence-corrected chi connectivity index (χ4v) is 2.12. The van der Waals surface area contributed by atoms with E-state index in [1.54, 1.807) is 31.2 Å². The van der Waals surface area contributed by atoms with E-state index >= 15 is 0 Å². The van der Waals surface area contributed by atoms with Gasteiger partial charge in [-0.1, -0.05) is 36.4 Å². The van der Waals surface area contributed by atoms with Crippen LogP contribution in [0, 0.1) is 0 Å². The average molecular weight is 390 g/mol. The van der Waals surface area contributed by atoms with Crippen LogP contribution in [0.25, 0.3) is 0 Å². The number of benzene rings is 2. The minimum absolute atomic E-state index is 0.112. The van der Waals surface area contributed by atoms with Crippen LogP contribution in [0.4, 0.5) is 16.2 Å². The van der Waals surface area contributed by atoms with E-state index in [0.29, 0.717) is 11.4 Å². The van der Waals surface area contributed by atoms with E-state index in [4.69, 9.17) is 4.74 Å². The van der Waals surface area contributed by atoms with E-state index in [0.717, 1.165) is 0 Å². The summed E-state index contributed by atoms with van der Waals surface area (Å²) in [6, 6.07) is 17.7. The number of rotatable bonds is 5. The molecule has 2 aromatic carbocycles. The van der Waals surface area contributed by atoms with Crippen LogP contribution in [0.15, 0.2) is 65.8 Å². The summed E-state index contributed by atoms with van der Waals surface area (Å²) in [7, 11) is 0. The standard InChI is InChI=1S/C17H16BrN3O3/c1-2-24-16(22)15(18)19-20-17(23)21(13-9-5-3-6-10-13)14-11-7-4-8-12-14/h3-12H,2H2,1H3,(H,20,23)/b19-15-. The Morgan fingerprint density at radius 3 is 2.00 bits per heavy atom. The summed E-state index contributed by atoms with van der Waals surface area (Å²) in [6.45, 7) is 1.90. The van der Waals surface area contributed by atoms with E-state index < -0.39 is 12.0 Å². The number of nitrogens with zero attached hydrogens (tertiary/aromatic N) is 2. The Kier molecular flexibility index (Phi) is 6.51. The molecule has 2 amide bonds. The summed E-state index contributed by atoms with van der Waals surface area (Å²) in [5.74, 6) is -0.649. The maximum absolute atomic E-state index is 12.6. The highest BCUT2D eigenvalue weighted by atomic mass is 79.9. The number of hydrazone groups is 1. The molecule has 24 heavy (non-hydrogen) atoms. The molecule has 0 aliphatic heterocycles. The van der Waals surface area contributed by atoms with Gasteiger partial charge in [-0.25, -0.2) is 15.0 Å². The van der Waals surface area contributed by atoms with Gasteiger partial charge in [-0.3, -0.25) is 4.90 Å². The molecule has 0 aliphatic rings. The van der Waals surface area contributed by atoms with Crippen molar-refractivity contribution in [2.75, 3.05) is 11.5 Å². The molecule has 124 valence electrons. The zero-order valence-corrected chi connectivity index (χ0v) is 14.6. The number of urea groups is 1. The fraction of sp³-hybridized carbons (Fsp3) is 0.118. The van der Waals surface area contributed by atoms with E-state index in [-0.39, 0.29) is 11.2 Å². The number of amides is 2. The number of esters is 1. The number of hydrogen-bond acceptors (Lipinski definition) is 4. The van der Waals surface area contributed by atoms with E-state index in [9.17, 15) is 9.59 Å². The number of anilines is 2. The third kappa shape index (κ3) is 4.66. The number of para-hydroxylation sites is 2. The predicted molar refractivity (Wildman–Crippen MR) is 96.5 cm³/mol. The molecule has 0 aliphatic carbocycles. The minimum atomic E-state index is -0.649. The van der Waals surface area contributed by atoms with Gasteiger partial charge in [0, 0.05) is 0 Å². The molecule has 0 saturated heterocycles. The Morgan fingerprint density at radius 2 is 1.54 bits per heavy atom. The van der Waals surface area contributed by atoms with Crippen molar-refractivity contribution in [1.29, 1.82) is 0 Å². The number of hydrogen-bond donors (Lipinski definition) is 1. The van der Waals surface area contributed by atoms with Gasteiger partial charge in [0.15, 0.2) is 0 Å². The Morgan fingerprint density at radius 1 is 1.04 bits per heavy atom. The third-order valence-electron chi connectivity index (χ3n) is 2.93. The average Bonchev–Trinajstić information content (AvgIpc) is 2.62. The highest BCUT2D eigenvalue weighted by Gasteiger charge is 2.18. The first-order valence-electron chi connectivity index (χ1n) is 7.24. The van der Waals surface area contributed by atoms with Crippen molar-refractivity contribution in [3.8, 4) is 0 Å². The molecular formula is C17H16BrN3O3. The predicted octanol–water partition coefficient (Wildman–Crippen LogP) is 3.81. The molecule has 0 heterocycles. The molecule has 0 saturated carbocycles. The second-order valence-electron chi connectivity index (χ2n) is 4.55. The second kappa shape index (κ2) is 8.83. The number of carbonyl (C=O) groups excluding carboxylic acids is 2. The van der Waals surface area contributed by atoms with Crippen molar-refractivity contribution < 1.29 is 14.3 Å². The highest BCUT2D eigenvalue weighted by Crippen LogP contribution is 2.24. The summed E-state index contributed by atoms with van der Waals surface area (Å²) in [6.07, 6.45) is 0. The molecule has 1 N–H and O–H groups in total. The molecule has 0 unspecified atom stereocenters. The van der Waals surface area contributed by atoms with Crippen LogP contribution in [-0.2, 0) is 9.53 Å². The van der Waals surface area contributed by atoms with Crippen LogP contribution < -0.4 is 10.3 Å². The lowest BCUT2D eigenvalue weighted by atomic mass is 10.2. The van der Waals surface area contributed by atoms with Gasteiger partial charge in [-0.05, 0) is 47.1 Å². The lowest BCUT2D eigenvalue weighted by Crippen LogP contribution is -2.34. The van der Waals surface area contributed by atoms with E-state index in [2.05, 4.69) is 26.5 Å². The summed E-state index contributed by atoms with van der Waals surface area (Å²) >= 11 is 2.98. The summed E-state index contributed by atoms with van der Waals surface area (Å²) in [4.78, 5) is 25.5. The fourth-order valence-electron chi connectivity index (χ4n) is 1.92. The van der Waals surface area contributed by atoms with E-state index in [1.165, 1.54) is 4.90 Å². The summed E-state index contributed by atoms with van der Waals surface area (Å²) in [5.41, 5.74) is 3.69. The topological polar surface area (TPSA) is 71.0 Å². The Hall–Kier alpha value is -2.67. The quantitative estimate of drug-likeness (QED) is 0.480. The van der Waals surface area contributed by atoms with Gasteiger partial charge in [-0.2, -0.15) is 5.10 Å². The Balaban J connectivity index is 2.23. The van der Waals surface area contributed by atoms with Crippen LogP contribution in [0.3, 0.4) is 0 Å². The van der Waals surface area contributed by atoms with Crippen LogP contribution in [0.1, 0.15) is 6.92 Å². The van der Waals surface area contributed by atoms with Crippen molar-refractivity contribution >= 4 is 43.9 Å².